The lowest BCUT2D eigenvalue weighted by Gasteiger charge is -2.18. The fraction of sp³-hybridized carbons (Fsp3) is 0.750. The molecule has 0 unspecified atom stereocenters. The van der Waals surface area contributed by atoms with E-state index in [0.717, 1.165) is 0 Å². The topological polar surface area (TPSA) is 49.4 Å². The summed E-state index contributed by atoms with van der Waals surface area (Å²) in [6.07, 6.45) is 0. The van der Waals surface area contributed by atoms with Crippen molar-refractivity contribution in [1.82, 2.24) is 10.2 Å². The third-order valence-corrected chi connectivity index (χ3v) is 1.60. The number of nitrogens with one attached hydrogen (secondary N) is 1. The first kappa shape index (κ1) is 10.9. The molecule has 0 heterocycles. The van der Waals surface area contributed by atoms with Crippen molar-refractivity contribution in [2.75, 3.05) is 19.6 Å². The molecule has 0 radical (unpaired) electrons. The molecule has 0 saturated carbocycles. The van der Waals surface area contributed by atoms with E-state index in [9.17, 15) is 9.59 Å². The van der Waals surface area contributed by atoms with Gasteiger partial charge < -0.3 is 10.2 Å². The van der Waals surface area contributed by atoms with Gasteiger partial charge in [-0.3, -0.25) is 9.59 Å². The minimum Gasteiger partial charge on any atom is -0.347 e. The van der Waals surface area contributed by atoms with Gasteiger partial charge >= 0.3 is 0 Å². The monoisotopic (exact) mass is 172 g/mol. The molecule has 0 aromatic heterocycles. The molecule has 0 saturated heterocycles. The normalized spacial score (nSPS) is 9.25. The summed E-state index contributed by atoms with van der Waals surface area (Å²) in [7, 11) is 0. The van der Waals surface area contributed by atoms with Crippen LogP contribution in [0.15, 0.2) is 0 Å². The summed E-state index contributed by atoms with van der Waals surface area (Å²) in [4.78, 5) is 23.4. The van der Waals surface area contributed by atoms with Gasteiger partial charge in [0.25, 0.3) is 0 Å². The van der Waals surface area contributed by atoms with Crippen molar-refractivity contribution in [2.24, 2.45) is 0 Å². The lowest BCUT2D eigenvalue weighted by molar-refractivity contribution is -0.132. The Morgan fingerprint density at radius 2 is 1.75 bits per heavy atom. The molecule has 0 aliphatic carbocycles. The molecule has 0 fully saturated rings. The fourth-order valence-corrected chi connectivity index (χ4v) is 0.888. The Labute approximate surface area is 72.9 Å². The summed E-state index contributed by atoms with van der Waals surface area (Å²) in [5.41, 5.74) is 0. The van der Waals surface area contributed by atoms with Gasteiger partial charge in [0.15, 0.2) is 0 Å². The first-order chi connectivity index (χ1) is 5.61. The Bertz CT molecular complexity index is 164. The van der Waals surface area contributed by atoms with Crippen molar-refractivity contribution >= 4 is 11.8 Å². The highest BCUT2D eigenvalue weighted by Crippen LogP contribution is 1.86. The van der Waals surface area contributed by atoms with Crippen molar-refractivity contribution < 1.29 is 9.59 Å². The SMILES string of the molecule is CCN(CC)C(=O)CNC(C)=O. The van der Waals surface area contributed by atoms with E-state index in [1.54, 1.807) is 4.90 Å². The molecule has 4 heteroatoms. The maximum atomic E-state index is 11.2. The largest absolute Gasteiger partial charge is 0.347 e. The van der Waals surface area contributed by atoms with Crippen LogP contribution in [-0.2, 0) is 9.59 Å². The number of carbonyl (C=O) groups excluding carboxylic acids is 2. The van der Waals surface area contributed by atoms with Crippen LogP contribution in [-0.4, -0.2) is 36.3 Å². The molecule has 1 N–H and O–H groups in total. The highest BCUT2D eigenvalue weighted by atomic mass is 16.2. The van der Waals surface area contributed by atoms with Gasteiger partial charge in [0.05, 0.1) is 6.54 Å². The van der Waals surface area contributed by atoms with E-state index in [1.165, 1.54) is 6.92 Å². The van der Waals surface area contributed by atoms with Gasteiger partial charge in [-0.2, -0.15) is 0 Å². The number of amides is 2. The Hall–Kier alpha value is -1.06. The number of hydrogen-bond acceptors (Lipinski definition) is 2. The molecule has 0 rings (SSSR count). The zero-order valence-corrected chi connectivity index (χ0v) is 7.89. The molecule has 0 spiro atoms. The van der Waals surface area contributed by atoms with E-state index < -0.39 is 0 Å². The minimum atomic E-state index is -0.171. The molecule has 0 aliphatic rings. The second-order valence-corrected chi connectivity index (χ2v) is 2.48. The molecular formula is C8H16N2O2. The summed E-state index contributed by atoms with van der Waals surface area (Å²) >= 11 is 0. The van der Waals surface area contributed by atoms with Crippen molar-refractivity contribution in [1.29, 1.82) is 0 Å². The summed E-state index contributed by atoms with van der Waals surface area (Å²) in [5, 5.41) is 2.46. The average molecular weight is 172 g/mol. The van der Waals surface area contributed by atoms with Gasteiger partial charge in [-0.1, -0.05) is 0 Å². The van der Waals surface area contributed by atoms with Crippen molar-refractivity contribution in [2.45, 2.75) is 20.8 Å². The second-order valence-electron chi connectivity index (χ2n) is 2.48. The van der Waals surface area contributed by atoms with Crippen LogP contribution in [0.1, 0.15) is 20.8 Å². The van der Waals surface area contributed by atoms with E-state index >= 15 is 0 Å². The lowest BCUT2D eigenvalue weighted by atomic mass is 10.4. The standard InChI is InChI=1S/C8H16N2O2/c1-4-10(5-2)8(12)6-9-7(3)11/h4-6H2,1-3H3,(H,9,11). The van der Waals surface area contributed by atoms with Gasteiger partial charge in [-0.05, 0) is 13.8 Å². The van der Waals surface area contributed by atoms with Crippen molar-refractivity contribution in [3.63, 3.8) is 0 Å². The van der Waals surface area contributed by atoms with Gasteiger partial charge in [0, 0.05) is 20.0 Å². The predicted octanol–water partition coefficient (Wildman–Crippen LogP) is -0.00910. The van der Waals surface area contributed by atoms with Crippen LogP contribution in [0, 0.1) is 0 Å². The number of rotatable bonds is 4. The highest BCUT2D eigenvalue weighted by molar-refractivity contribution is 5.83. The van der Waals surface area contributed by atoms with Crippen LogP contribution in [0.5, 0.6) is 0 Å². The Balaban J connectivity index is 3.77. The fourth-order valence-electron chi connectivity index (χ4n) is 0.888. The summed E-state index contributed by atoms with van der Waals surface area (Å²) < 4.78 is 0. The summed E-state index contributed by atoms with van der Waals surface area (Å²) in [5.74, 6) is -0.203. The Morgan fingerprint density at radius 3 is 2.08 bits per heavy atom. The van der Waals surface area contributed by atoms with Crippen LogP contribution >= 0.6 is 0 Å². The summed E-state index contributed by atoms with van der Waals surface area (Å²) in [6, 6.07) is 0. The van der Waals surface area contributed by atoms with Crippen LogP contribution in [0.3, 0.4) is 0 Å². The zero-order valence-electron chi connectivity index (χ0n) is 7.89. The molecular weight excluding hydrogens is 156 g/mol. The van der Waals surface area contributed by atoms with E-state index in [4.69, 9.17) is 0 Å². The van der Waals surface area contributed by atoms with E-state index in [1.807, 2.05) is 13.8 Å². The Kier molecular flexibility index (Phi) is 5.08. The summed E-state index contributed by atoms with van der Waals surface area (Å²) in [6.45, 7) is 6.71. The lowest BCUT2D eigenvalue weighted by Crippen LogP contribution is -2.39. The maximum Gasteiger partial charge on any atom is 0.241 e. The molecule has 70 valence electrons. The zero-order chi connectivity index (χ0) is 9.56. The molecule has 0 aliphatic heterocycles. The first-order valence-electron chi connectivity index (χ1n) is 4.14. The quantitative estimate of drug-likeness (QED) is 0.648. The first-order valence-corrected chi connectivity index (χ1v) is 4.14. The van der Waals surface area contributed by atoms with Gasteiger partial charge in [-0.25, -0.2) is 0 Å². The smallest absolute Gasteiger partial charge is 0.241 e. The second kappa shape index (κ2) is 5.57. The van der Waals surface area contributed by atoms with Crippen molar-refractivity contribution in [3.8, 4) is 0 Å². The van der Waals surface area contributed by atoms with Crippen LogP contribution in [0.2, 0.25) is 0 Å². The van der Waals surface area contributed by atoms with E-state index in [-0.39, 0.29) is 18.4 Å². The van der Waals surface area contributed by atoms with E-state index in [0.29, 0.717) is 13.1 Å². The van der Waals surface area contributed by atoms with Crippen LogP contribution in [0.4, 0.5) is 0 Å². The number of nitrogens with zero attached hydrogens (tertiary/aromatic N) is 1. The maximum absolute atomic E-state index is 11.2. The van der Waals surface area contributed by atoms with Crippen LogP contribution in [0.25, 0.3) is 0 Å². The van der Waals surface area contributed by atoms with Gasteiger partial charge in [-0.15, -0.1) is 0 Å². The Morgan fingerprint density at radius 1 is 1.25 bits per heavy atom. The number of carbonyl (C=O) groups is 2. The highest BCUT2D eigenvalue weighted by Gasteiger charge is 2.08. The molecule has 0 aromatic carbocycles. The average Bonchev–Trinajstić information content (AvgIpc) is 2.03. The van der Waals surface area contributed by atoms with E-state index in [2.05, 4.69) is 5.32 Å². The third kappa shape index (κ3) is 3.95. The molecule has 2 amide bonds. The molecule has 12 heavy (non-hydrogen) atoms. The third-order valence-electron chi connectivity index (χ3n) is 1.60. The number of hydrogen-bond donors (Lipinski definition) is 1. The van der Waals surface area contributed by atoms with Gasteiger partial charge in [0.2, 0.25) is 11.8 Å². The molecule has 0 bridgehead atoms. The minimum absolute atomic E-state index is 0.0322. The predicted molar refractivity (Wildman–Crippen MR) is 46.6 cm³/mol. The van der Waals surface area contributed by atoms with Gasteiger partial charge in [0.1, 0.15) is 0 Å². The molecule has 0 aromatic rings. The molecule has 0 atom stereocenters. The van der Waals surface area contributed by atoms with Crippen LogP contribution < -0.4 is 5.32 Å². The van der Waals surface area contributed by atoms with Crippen molar-refractivity contribution in [3.05, 3.63) is 0 Å². The number of likely N-dealkylation sites (N-methyl/N-ethyl adjacent to an activating group) is 1. The molecule has 4 nitrogen and oxygen atoms in total.